The average molecular weight is 304 g/mol. The first-order chi connectivity index (χ1) is 9.67. The Morgan fingerprint density at radius 1 is 1.00 bits per heavy atom. The Morgan fingerprint density at radius 3 is 2.35 bits per heavy atom. The van der Waals surface area contributed by atoms with E-state index in [-0.39, 0.29) is 0 Å². The van der Waals surface area contributed by atoms with Crippen molar-refractivity contribution in [1.29, 1.82) is 0 Å². The summed E-state index contributed by atoms with van der Waals surface area (Å²) >= 11 is 0. The molecule has 1 rings (SSSR count). The van der Waals surface area contributed by atoms with E-state index in [9.17, 15) is 8.78 Å². The molecule has 6 heteroatoms. The number of halogens is 2. The summed E-state index contributed by atoms with van der Waals surface area (Å²) in [6.07, 6.45) is 4.46. The van der Waals surface area contributed by atoms with Crippen molar-refractivity contribution in [3.05, 3.63) is 35.4 Å². The number of rotatable bonds is 10. The van der Waals surface area contributed by atoms with E-state index >= 15 is 0 Å². The second-order valence-corrected chi connectivity index (χ2v) is 6.38. The van der Waals surface area contributed by atoms with Gasteiger partial charge in [0.25, 0.3) is 0 Å². The summed E-state index contributed by atoms with van der Waals surface area (Å²) in [6, 6.07) is 3.75. The highest BCUT2D eigenvalue weighted by atomic mass is 28.3. The number of benzene rings is 1. The van der Waals surface area contributed by atoms with E-state index in [4.69, 9.17) is 13.3 Å². The molecule has 0 heterocycles. The number of hydrogen-bond acceptors (Lipinski definition) is 3. The van der Waals surface area contributed by atoms with Crippen molar-refractivity contribution in [1.82, 2.24) is 0 Å². The van der Waals surface area contributed by atoms with Crippen LogP contribution in [0.5, 0.6) is 0 Å². The first-order valence-electron chi connectivity index (χ1n) is 6.78. The van der Waals surface area contributed by atoms with Gasteiger partial charge in [-0.15, -0.1) is 0 Å². The molecule has 0 saturated heterocycles. The molecule has 1 aromatic carbocycles. The maximum atomic E-state index is 13.4. The number of unbranched alkanes of at least 4 members (excludes halogenated alkanes) is 3. The second-order valence-electron chi connectivity index (χ2n) is 4.53. The molecule has 0 amide bonds. The van der Waals surface area contributed by atoms with Crippen LogP contribution in [0.15, 0.2) is 18.2 Å². The minimum absolute atomic E-state index is 0.456. The molecule has 114 valence electrons. The van der Waals surface area contributed by atoms with Crippen molar-refractivity contribution in [2.24, 2.45) is 0 Å². The highest BCUT2D eigenvalue weighted by molar-refractivity contribution is 6.36. The molecule has 0 aliphatic carbocycles. The Labute approximate surface area is 120 Å². The smallest absolute Gasteiger partial charge is 0.379 e. The zero-order chi connectivity index (χ0) is 14.8. The van der Waals surface area contributed by atoms with Crippen LogP contribution in [0.2, 0.25) is 0 Å². The van der Waals surface area contributed by atoms with Gasteiger partial charge in [-0.2, -0.15) is 0 Å². The lowest BCUT2D eigenvalue weighted by Crippen LogP contribution is -2.24. The van der Waals surface area contributed by atoms with Crippen molar-refractivity contribution in [3.8, 4) is 0 Å². The average Bonchev–Trinajstić information content (AvgIpc) is 2.44. The van der Waals surface area contributed by atoms with Crippen LogP contribution in [0, 0.1) is 11.6 Å². The molecule has 0 radical (unpaired) electrons. The van der Waals surface area contributed by atoms with E-state index in [1.807, 2.05) is 0 Å². The molecule has 0 saturated carbocycles. The third-order valence-electron chi connectivity index (χ3n) is 2.99. The summed E-state index contributed by atoms with van der Waals surface area (Å²) in [6.45, 7) is 0.628. The molecule has 0 aliphatic heterocycles. The molecule has 3 nitrogen and oxygen atoms in total. The maximum absolute atomic E-state index is 13.4. The predicted molar refractivity (Wildman–Crippen MR) is 75.6 cm³/mol. The van der Waals surface area contributed by atoms with E-state index in [0.717, 1.165) is 31.7 Å². The molecular weight excluding hydrogens is 282 g/mol. The molecule has 20 heavy (non-hydrogen) atoms. The Morgan fingerprint density at radius 2 is 1.70 bits per heavy atom. The fraction of sp³-hybridized carbons (Fsp3) is 0.571. The fourth-order valence-electron chi connectivity index (χ4n) is 1.91. The highest BCUT2D eigenvalue weighted by Crippen LogP contribution is 2.13. The van der Waals surface area contributed by atoms with Crippen LogP contribution in [0.25, 0.3) is 0 Å². The van der Waals surface area contributed by atoms with Crippen molar-refractivity contribution in [2.45, 2.75) is 32.1 Å². The molecule has 0 aliphatic rings. The maximum Gasteiger partial charge on any atom is 0.483 e. The number of aryl methyl sites for hydroxylation is 1. The lowest BCUT2D eigenvalue weighted by atomic mass is 10.1. The SMILES string of the molecule is CO[SiH](OC)OCCCCCCc1ccc(F)cc1F. The molecule has 1 aromatic rings. The van der Waals surface area contributed by atoms with Crippen LogP contribution in [0.4, 0.5) is 8.78 Å². The van der Waals surface area contributed by atoms with Crippen LogP contribution in [0.1, 0.15) is 31.2 Å². The van der Waals surface area contributed by atoms with Crippen molar-refractivity contribution in [3.63, 3.8) is 0 Å². The van der Waals surface area contributed by atoms with Gasteiger partial charge >= 0.3 is 9.53 Å². The third kappa shape index (κ3) is 6.56. The van der Waals surface area contributed by atoms with Crippen LogP contribution in [0.3, 0.4) is 0 Å². The molecule has 0 N–H and O–H groups in total. The molecule has 0 unspecified atom stereocenters. The zero-order valence-corrected chi connectivity index (χ0v) is 13.2. The summed E-state index contributed by atoms with van der Waals surface area (Å²) in [4.78, 5) is 0. The van der Waals surface area contributed by atoms with Gasteiger partial charge in [-0.1, -0.05) is 18.9 Å². The summed E-state index contributed by atoms with van der Waals surface area (Å²) in [7, 11) is 1.27. The van der Waals surface area contributed by atoms with Crippen LogP contribution in [-0.4, -0.2) is 30.4 Å². The summed E-state index contributed by atoms with van der Waals surface area (Å²) in [5, 5.41) is 0. The predicted octanol–water partition coefficient (Wildman–Crippen LogP) is 3.09. The molecule has 0 spiro atoms. The number of hydrogen-bond donors (Lipinski definition) is 0. The first kappa shape index (κ1) is 17.2. The minimum atomic E-state index is -1.90. The van der Waals surface area contributed by atoms with Gasteiger partial charge < -0.3 is 13.3 Å². The van der Waals surface area contributed by atoms with E-state index in [0.29, 0.717) is 18.6 Å². The first-order valence-corrected chi connectivity index (χ1v) is 8.20. The molecule has 0 bridgehead atoms. The van der Waals surface area contributed by atoms with Crippen molar-refractivity contribution >= 4 is 9.53 Å². The van der Waals surface area contributed by atoms with Gasteiger partial charge in [0.1, 0.15) is 11.6 Å². The lowest BCUT2D eigenvalue weighted by Gasteiger charge is -2.11. The fourth-order valence-corrected chi connectivity index (χ4v) is 2.73. The van der Waals surface area contributed by atoms with Gasteiger partial charge in [-0.25, -0.2) is 8.78 Å². The topological polar surface area (TPSA) is 27.7 Å². The monoisotopic (exact) mass is 304 g/mol. The molecule has 0 aromatic heterocycles. The van der Waals surface area contributed by atoms with Crippen LogP contribution in [-0.2, 0) is 19.7 Å². The van der Waals surface area contributed by atoms with Crippen molar-refractivity contribution < 1.29 is 22.1 Å². The van der Waals surface area contributed by atoms with Gasteiger partial charge in [0, 0.05) is 26.9 Å². The Hall–Kier alpha value is -0.823. The second kappa shape index (κ2) is 9.98. The van der Waals surface area contributed by atoms with Gasteiger partial charge in [0.15, 0.2) is 0 Å². The van der Waals surface area contributed by atoms with Gasteiger partial charge in [0.05, 0.1) is 0 Å². The summed E-state index contributed by atoms with van der Waals surface area (Å²) < 4.78 is 41.6. The van der Waals surface area contributed by atoms with Crippen LogP contribution < -0.4 is 0 Å². The Balaban J connectivity index is 2.07. The summed E-state index contributed by atoms with van der Waals surface area (Å²) in [5.41, 5.74) is 0.578. The largest absolute Gasteiger partial charge is 0.483 e. The summed E-state index contributed by atoms with van der Waals surface area (Å²) in [5.74, 6) is -0.985. The van der Waals surface area contributed by atoms with Gasteiger partial charge in [-0.05, 0) is 30.9 Å². The highest BCUT2D eigenvalue weighted by Gasteiger charge is 2.09. The molecular formula is C14H22F2O3Si. The van der Waals surface area contributed by atoms with Crippen LogP contribution >= 0.6 is 0 Å². The van der Waals surface area contributed by atoms with Crippen molar-refractivity contribution in [2.75, 3.05) is 20.8 Å². The van der Waals surface area contributed by atoms with E-state index in [1.165, 1.54) is 12.1 Å². The Bertz CT molecular complexity index is 387. The molecule has 0 atom stereocenters. The van der Waals surface area contributed by atoms with Gasteiger partial charge in [-0.3, -0.25) is 0 Å². The quantitative estimate of drug-likeness (QED) is 0.491. The zero-order valence-electron chi connectivity index (χ0n) is 12.0. The minimum Gasteiger partial charge on any atom is -0.379 e. The standard InChI is InChI=1S/C14H22F2O3Si/c1-17-20(18-2)19-10-6-4-3-5-7-12-8-9-13(15)11-14(12)16/h8-9,11,20H,3-7,10H2,1-2H3. The van der Waals surface area contributed by atoms with E-state index < -0.39 is 21.2 Å². The van der Waals surface area contributed by atoms with E-state index in [1.54, 1.807) is 14.2 Å². The molecule has 0 fully saturated rings. The Kier molecular flexibility index (Phi) is 8.60. The van der Waals surface area contributed by atoms with E-state index in [2.05, 4.69) is 0 Å². The van der Waals surface area contributed by atoms with Gasteiger partial charge in [0.2, 0.25) is 0 Å². The normalized spacial score (nSPS) is 11.2. The lowest BCUT2D eigenvalue weighted by molar-refractivity contribution is 0.133. The third-order valence-corrected chi connectivity index (χ3v) is 4.27.